The molecule has 1 aliphatic carbocycles. The molecule has 0 unspecified atom stereocenters. The molecule has 146 valence electrons. The topological polar surface area (TPSA) is 64.1 Å². The first-order valence-corrected chi connectivity index (χ1v) is 9.40. The van der Waals surface area contributed by atoms with E-state index in [9.17, 15) is 0 Å². The van der Waals surface area contributed by atoms with Crippen molar-refractivity contribution in [2.45, 2.75) is 32.1 Å². The molecule has 0 bridgehead atoms. The van der Waals surface area contributed by atoms with Gasteiger partial charge in [0, 0.05) is 59.2 Å². The van der Waals surface area contributed by atoms with Gasteiger partial charge >= 0.3 is 0 Å². The van der Waals surface area contributed by atoms with E-state index >= 15 is 0 Å². The lowest BCUT2D eigenvalue weighted by Gasteiger charge is -2.42. The number of ether oxygens (including phenoxy) is 3. The number of guanidine groups is 1. The summed E-state index contributed by atoms with van der Waals surface area (Å²) in [4.78, 5) is 4.35. The Bertz CT molecular complexity index is 559. The summed E-state index contributed by atoms with van der Waals surface area (Å²) in [6, 6.07) is 7.94. The van der Waals surface area contributed by atoms with Gasteiger partial charge in [-0.25, -0.2) is 0 Å². The highest BCUT2D eigenvalue weighted by Crippen LogP contribution is 2.43. The fraction of sp³-hybridized carbons (Fsp3) is 0.650. The first kappa shape index (κ1) is 20.5. The van der Waals surface area contributed by atoms with Crippen molar-refractivity contribution in [2.75, 3.05) is 52.9 Å². The third-order valence-electron chi connectivity index (χ3n) is 4.96. The maximum absolute atomic E-state index is 5.75. The van der Waals surface area contributed by atoms with Crippen LogP contribution in [0.1, 0.15) is 32.1 Å². The smallest absolute Gasteiger partial charge is 0.195 e. The number of benzene rings is 1. The van der Waals surface area contributed by atoms with Gasteiger partial charge < -0.3 is 24.8 Å². The van der Waals surface area contributed by atoms with Crippen molar-refractivity contribution in [3.63, 3.8) is 0 Å². The van der Waals surface area contributed by atoms with Gasteiger partial charge in [-0.2, -0.15) is 0 Å². The highest BCUT2D eigenvalue weighted by molar-refractivity contribution is 5.93. The molecule has 1 fully saturated rings. The van der Waals surface area contributed by atoms with E-state index in [1.807, 2.05) is 24.3 Å². The zero-order valence-electron chi connectivity index (χ0n) is 16.3. The van der Waals surface area contributed by atoms with Crippen LogP contribution in [0.5, 0.6) is 5.75 Å². The predicted octanol–water partition coefficient (Wildman–Crippen LogP) is 3.30. The van der Waals surface area contributed by atoms with Gasteiger partial charge in [0.25, 0.3) is 0 Å². The van der Waals surface area contributed by atoms with Gasteiger partial charge in [-0.3, -0.25) is 4.99 Å². The van der Waals surface area contributed by atoms with Crippen molar-refractivity contribution in [3.05, 3.63) is 24.3 Å². The number of nitrogens with zero attached hydrogens (tertiary/aromatic N) is 1. The van der Waals surface area contributed by atoms with E-state index in [-0.39, 0.29) is 0 Å². The molecule has 0 aromatic heterocycles. The fourth-order valence-corrected chi connectivity index (χ4v) is 3.15. The molecule has 0 atom stereocenters. The van der Waals surface area contributed by atoms with E-state index in [1.165, 1.54) is 19.3 Å². The molecule has 1 aromatic carbocycles. The van der Waals surface area contributed by atoms with Gasteiger partial charge in [-0.1, -0.05) is 12.5 Å². The molecule has 2 N–H and O–H groups in total. The van der Waals surface area contributed by atoms with Crippen LogP contribution >= 0.6 is 0 Å². The average molecular weight is 364 g/mol. The van der Waals surface area contributed by atoms with Crippen LogP contribution in [0.15, 0.2) is 29.3 Å². The molecule has 6 heteroatoms. The van der Waals surface area contributed by atoms with Crippen LogP contribution in [0.3, 0.4) is 0 Å². The van der Waals surface area contributed by atoms with E-state index in [1.54, 1.807) is 21.3 Å². The van der Waals surface area contributed by atoms with Crippen LogP contribution in [0.4, 0.5) is 5.69 Å². The summed E-state index contributed by atoms with van der Waals surface area (Å²) in [5.74, 6) is 1.63. The SMILES string of the molecule is CN=C(NCC1(CCOC)CCC1)Nc1cccc(OCCCOC)c1. The predicted molar refractivity (Wildman–Crippen MR) is 106 cm³/mol. The molecule has 0 radical (unpaired) electrons. The molecule has 1 aliphatic rings. The van der Waals surface area contributed by atoms with E-state index in [4.69, 9.17) is 14.2 Å². The first-order chi connectivity index (χ1) is 12.7. The van der Waals surface area contributed by atoms with Gasteiger partial charge in [0.05, 0.1) is 6.61 Å². The normalized spacial score (nSPS) is 16.0. The minimum atomic E-state index is 0.347. The zero-order valence-corrected chi connectivity index (χ0v) is 16.3. The lowest BCUT2D eigenvalue weighted by molar-refractivity contribution is 0.0735. The molecule has 0 saturated heterocycles. The van der Waals surface area contributed by atoms with Crippen LogP contribution in [-0.4, -0.2) is 53.6 Å². The minimum Gasteiger partial charge on any atom is -0.493 e. The van der Waals surface area contributed by atoms with Crippen molar-refractivity contribution in [1.29, 1.82) is 0 Å². The van der Waals surface area contributed by atoms with E-state index in [0.717, 1.165) is 43.4 Å². The number of anilines is 1. The standard InChI is InChI=1S/C20H33N3O3/c1-21-19(22-16-20(9-5-10-20)11-14-25-3)23-17-7-4-8-18(15-17)26-13-6-12-24-2/h4,7-8,15H,5-6,9-14,16H2,1-3H3,(H2,21,22,23). The molecule has 0 heterocycles. The van der Waals surface area contributed by atoms with Crippen LogP contribution in [0.2, 0.25) is 0 Å². The lowest BCUT2D eigenvalue weighted by atomic mass is 9.67. The van der Waals surface area contributed by atoms with Gasteiger partial charge in [0.1, 0.15) is 5.75 Å². The number of hydrogen-bond acceptors (Lipinski definition) is 4. The molecule has 2 rings (SSSR count). The Hall–Kier alpha value is -1.79. The Balaban J connectivity index is 1.83. The van der Waals surface area contributed by atoms with Crippen molar-refractivity contribution in [1.82, 2.24) is 5.32 Å². The summed E-state index contributed by atoms with van der Waals surface area (Å²) in [6.45, 7) is 3.09. The van der Waals surface area contributed by atoms with Crippen molar-refractivity contribution in [3.8, 4) is 5.75 Å². The summed E-state index contributed by atoms with van der Waals surface area (Å²) >= 11 is 0. The number of rotatable bonds is 11. The summed E-state index contributed by atoms with van der Waals surface area (Å²) < 4.78 is 16.1. The Labute approximate surface area is 157 Å². The second-order valence-corrected chi connectivity index (χ2v) is 6.87. The molecule has 0 amide bonds. The molecule has 6 nitrogen and oxygen atoms in total. The second-order valence-electron chi connectivity index (χ2n) is 6.87. The molecule has 1 saturated carbocycles. The minimum absolute atomic E-state index is 0.347. The molecule has 0 aliphatic heterocycles. The molecule has 0 spiro atoms. The lowest BCUT2D eigenvalue weighted by Crippen LogP contribution is -2.44. The van der Waals surface area contributed by atoms with Crippen LogP contribution < -0.4 is 15.4 Å². The largest absolute Gasteiger partial charge is 0.493 e. The molecule has 26 heavy (non-hydrogen) atoms. The fourth-order valence-electron chi connectivity index (χ4n) is 3.15. The Morgan fingerprint density at radius 3 is 2.62 bits per heavy atom. The summed E-state index contributed by atoms with van der Waals surface area (Å²) in [6.07, 6.45) is 5.79. The second kappa shape index (κ2) is 11.0. The average Bonchev–Trinajstić information content (AvgIpc) is 2.63. The van der Waals surface area contributed by atoms with Gasteiger partial charge in [-0.05, 0) is 36.8 Å². The van der Waals surface area contributed by atoms with Crippen LogP contribution in [-0.2, 0) is 9.47 Å². The first-order valence-electron chi connectivity index (χ1n) is 9.40. The Morgan fingerprint density at radius 1 is 1.15 bits per heavy atom. The van der Waals surface area contributed by atoms with Crippen molar-refractivity contribution < 1.29 is 14.2 Å². The number of methoxy groups -OCH3 is 2. The maximum atomic E-state index is 5.75. The highest BCUT2D eigenvalue weighted by atomic mass is 16.5. The molecule has 1 aromatic rings. The van der Waals surface area contributed by atoms with Crippen molar-refractivity contribution in [2.24, 2.45) is 10.4 Å². The van der Waals surface area contributed by atoms with E-state index in [2.05, 4.69) is 15.6 Å². The molecular formula is C20H33N3O3. The summed E-state index contributed by atoms with van der Waals surface area (Å²) in [5.41, 5.74) is 1.31. The van der Waals surface area contributed by atoms with Gasteiger partial charge in [0.2, 0.25) is 0 Å². The third kappa shape index (κ3) is 6.50. The Kier molecular flexibility index (Phi) is 8.71. The quantitative estimate of drug-likeness (QED) is 0.359. The van der Waals surface area contributed by atoms with E-state index < -0.39 is 0 Å². The maximum Gasteiger partial charge on any atom is 0.195 e. The summed E-state index contributed by atoms with van der Waals surface area (Å²) in [5, 5.41) is 6.83. The Morgan fingerprint density at radius 2 is 1.96 bits per heavy atom. The molecular weight excluding hydrogens is 330 g/mol. The number of aliphatic imine (C=N–C) groups is 1. The number of nitrogens with one attached hydrogen (secondary N) is 2. The number of hydrogen-bond donors (Lipinski definition) is 2. The summed E-state index contributed by atoms with van der Waals surface area (Å²) in [7, 11) is 5.26. The highest BCUT2D eigenvalue weighted by Gasteiger charge is 2.36. The van der Waals surface area contributed by atoms with E-state index in [0.29, 0.717) is 18.6 Å². The zero-order chi connectivity index (χ0) is 18.7. The van der Waals surface area contributed by atoms with Crippen molar-refractivity contribution >= 4 is 11.6 Å². The van der Waals surface area contributed by atoms with Crippen LogP contribution in [0.25, 0.3) is 0 Å². The van der Waals surface area contributed by atoms with Crippen LogP contribution in [0, 0.1) is 5.41 Å². The third-order valence-corrected chi connectivity index (χ3v) is 4.96. The van der Waals surface area contributed by atoms with Gasteiger partial charge in [0.15, 0.2) is 5.96 Å². The monoisotopic (exact) mass is 363 g/mol. The van der Waals surface area contributed by atoms with Gasteiger partial charge in [-0.15, -0.1) is 0 Å².